The molecule has 2 heteroatoms. The molecule has 1 aromatic rings. The van der Waals surface area contributed by atoms with E-state index in [4.69, 9.17) is 5.73 Å². The predicted octanol–water partition coefficient (Wildman–Crippen LogP) is 2.18. The third-order valence-corrected chi connectivity index (χ3v) is 1.85. The van der Waals surface area contributed by atoms with Gasteiger partial charge in [0.05, 0.1) is 0 Å². The van der Waals surface area contributed by atoms with Crippen LogP contribution in [0, 0.1) is 13.8 Å². The molecule has 11 heavy (non-hydrogen) atoms. The van der Waals surface area contributed by atoms with Gasteiger partial charge in [0.25, 0.3) is 0 Å². The van der Waals surface area contributed by atoms with Crippen molar-refractivity contribution < 1.29 is 0 Å². The summed E-state index contributed by atoms with van der Waals surface area (Å²) >= 11 is 0. The zero-order valence-electron chi connectivity index (χ0n) is 6.92. The largest absolute Gasteiger partial charge is 0.326 e. The quantitative estimate of drug-likeness (QED) is 0.689. The van der Waals surface area contributed by atoms with Crippen molar-refractivity contribution in [1.29, 1.82) is 0 Å². The molecular formula is C9H14ClN. The minimum Gasteiger partial charge on any atom is -0.326 e. The maximum Gasteiger partial charge on any atom is 0.0183 e. The summed E-state index contributed by atoms with van der Waals surface area (Å²) in [4.78, 5) is 0. The van der Waals surface area contributed by atoms with Gasteiger partial charge in [-0.3, -0.25) is 0 Å². The van der Waals surface area contributed by atoms with Gasteiger partial charge in [0.15, 0.2) is 0 Å². The van der Waals surface area contributed by atoms with Crippen LogP contribution in [0.4, 0.5) is 0 Å². The summed E-state index contributed by atoms with van der Waals surface area (Å²) in [5.74, 6) is 0. The van der Waals surface area contributed by atoms with Gasteiger partial charge in [0.2, 0.25) is 0 Å². The van der Waals surface area contributed by atoms with E-state index in [0.717, 1.165) is 0 Å². The highest BCUT2D eigenvalue weighted by Gasteiger charge is 1.96. The first-order valence-electron chi connectivity index (χ1n) is 3.51. The molecule has 0 aliphatic rings. The van der Waals surface area contributed by atoms with Crippen LogP contribution < -0.4 is 5.73 Å². The Morgan fingerprint density at radius 1 is 1.18 bits per heavy atom. The SMILES string of the molecule is Cc1cccc(C)c1CN.Cl. The van der Waals surface area contributed by atoms with E-state index in [-0.39, 0.29) is 12.4 Å². The lowest BCUT2D eigenvalue weighted by atomic mass is 10.0. The lowest BCUT2D eigenvalue weighted by Crippen LogP contribution is -2.01. The van der Waals surface area contributed by atoms with E-state index in [1.807, 2.05) is 0 Å². The zero-order valence-corrected chi connectivity index (χ0v) is 7.74. The molecule has 1 nitrogen and oxygen atoms in total. The Balaban J connectivity index is 0.000001000. The molecule has 2 N–H and O–H groups in total. The highest BCUT2D eigenvalue weighted by molar-refractivity contribution is 5.85. The van der Waals surface area contributed by atoms with Crippen LogP contribution >= 0.6 is 12.4 Å². The Bertz CT molecular complexity index is 213. The molecule has 0 unspecified atom stereocenters. The molecular weight excluding hydrogens is 158 g/mol. The number of hydrogen-bond donors (Lipinski definition) is 1. The molecule has 0 spiro atoms. The molecule has 0 heterocycles. The van der Waals surface area contributed by atoms with Crippen LogP contribution in [-0.4, -0.2) is 0 Å². The summed E-state index contributed by atoms with van der Waals surface area (Å²) in [6, 6.07) is 6.24. The first-order valence-corrected chi connectivity index (χ1v) is 3.51. The zero-order chi connectivity index (χ0) is 7.56. The van der Waals surface area contributed by atoms with Gasteiger partial charge >= 0.3 is 0 Å². The number of aryl methyl sites for hydroxylation is 2. The molecule has 0 amide bonds. The molecule has 1 rings (SSSR count). The highest BCUT2D eigenvalue weighted by atomic mass is 35.5. The minimum absolute atomic E-state index is 0. The lowest BCUT2D eigenvalue weighted by molar-refractivity contribution is 1.03. The first kappa shape index (κ1) is 10.5. The van der Waals surface area contributed by atoms with Gasteiger partial charge in [-0.15, -0.1) is 12.4 Å². The summed E-state index contributed by atoms with van der Waals surface area (Å²) in [6.07, 6.45) is 0. The van der Waals surface area contributed by atoms with Crippen molar-refractivity contribution in [2.45, 2.75) is 20.4 Å². The van der Waals surface area contributed by atoms with Gasteiger partial charge in [-0.2, -0.15) is 0 Å². The number of benzene rings is 1. The Morgan fingerprint density at radius 2 is 1.64 bits per heavy atom. The van der Waals surface area contributed by atoms with Gasteiger partial charge in [-0.05, 0) is 30.5 Å². The fourth-order valence-electron chi connectivity index (χ4n) is 1.17. The van der Waals surface area contributed by atoms with Crippen LogP contribution in [0.5, 0.6) is 0 Å². The van der Waals surface area contributed by atoms with E-state index in [2.05, 4.69) is 32.0 Å². The fraction of sp³-hybridized carbons (Fsp3) is 0.333. The van der Waals surface area contributed by atoms with E-state index < -0.39 is 0 Å². The third-order valence-electron chi connectivity index (χ3n) is 1.85. The second-order valence-corrected chi connectivity index (χ2v) is 2.57. The van der Waals surface area contributed by atoms with Gasteiger partial charge in [-0.25, -0.2) is 0 Å². The first-order chi connectivity index (χ1) is 4.75. The van der Waals surface area contributed by atoms with Gasteiger partial charge in [0.1, 0.15) is 0 Å². The summed E-state index contributed by atoms with van der Waals surface area (Å²) in [5, 5.41) is 0. The van der Waals surface area contributed by atoms with Crippen molar-refractivity contribution in [1.82, 2.24) is 0 Å². The number of hydrogen-bond acceptors (Lipinski definition) is 1. The molecule has 0 fully saturated rings. The average molecular weight is 172 g/mol. The van der Waals surface area contributed by atoms with E-state index in [0.29, 0.717) is 6.54 Å². The maximum atomic E-state index is 5.55. The van der Waals surface area contributed by atoms with E-state index >= 15 is 0 Å². The maximum absolute atomic E-state index is 5.55. The molecule has 0 radical (unpaired) electrons. The van der Waals surface area contributed by atoms with Crippen LogP contribution in [0.25, 0.3) is 0 Å². The van der Waals surface area contributed by atoms with Crippen molar-refractivity contribution in [3.8, 4) is 0 Å². The van der Waals surface area contributed by atoms with Crippen molar-refractivity contribution in [3.63, 3.8) is 0 Å². The van der Waals surface area contributed by atoms with Gasteiger partial charge < -0.3 is 5.73 Å². The second-order valence-electron chi connectivity index (χ2n) is 2.57. The van der Waals surface area contributed by atoms with Gasteiger partial charge in [-0.1, -0.05) is 18.2 Å². The standard InChI is InChI=1S/C9H13N.ClH/c1-7-4-3-5-8(2)9(7)6-10;/h3-5H,6,10H2,1-2H3;1H. The summed E-state index contributed by atoms with van der Waals surface area (Å²) in [6.45, 7) is 4.84. The Kier molecular flexibility index (Phi) is 4.16. The Hall–Kier alpha value is -0.530. The molecule has 0 aromatic heterocycles. The number of nitrogens with two attached hydrogens (primary N) is 1. The monoisotopic (exact) mass is 171 g/mol. The number of halogens is 1. The molecule has 1 aromatic carbocycles. The topological polar surface area (TPSA) is 26.0 Å². The van der Waals surface area contributed by atoms with E-state index in [9.17, 15) is 0 Å². The molecule has 0 bridgehead atoms. The predicted molar refractivity (Wildman–Crippen MR) is 51.1 cm³/mol. The Morgan fingerprint density at radius 3 is 1.91 bits per heavy atom. The number of rotatable bonds is 1. The molecule has 0 saturated carbocycles. The average Bonchev–Trinajstić information content (AvgIpc) is 1.88. The Labute approximate surface area is 74.0 Å². The van der Waals surface area contributed by atoms with Crippen LogP contribution in [0.15, 0.2) is 18.2 Å². The van der Waals surface area contributed by atoms with Crippen LogP contribution in [0.2, 0.25) is 0 Å². The van der Waals surface area contributed by atoms with Crippen LogP contribution in [0.3, 0.4) is 0 Å². The molecule has 0 aliphatic heterocycles. The molecule has 0 saturated heterocycles. The minimum atomic E-state index is 0. The summed E-state index contributed by atoms with van der Waals surface area (Å²) in [5.41, 5.74) is 9.42. The lowest BCUT2D eigenvalue weighted by Gasteiger charge is -2.04. The molecule has 0 atom stereocenters. The fourth-order valence-corrected chi connectivity index (χ4v) is 1.17. The van der Waals surface area contributed by atoms with E-state index in [1.54, 1.807) is 0 Å². The van der Waals surface area contributed by atoms with Crippen LogP contribution in [-0.2, 0) is 6.54 Å². The van der Waals surface area contributed by atoms with Crippen molar-refractivity contribution in [2.75, 3.05) is 0 Å². The highest BCUT2D eigenvalue weighted by Crippen LogP contribution is 2.11. The molecule has 62 valence electrons. The normalized spacial score (nSPS) is 9.00. The second kappa shape index (κ2) is 4.37. The molecule has 0 aliphatic carbocycles. The van der Waals surface area contributed by atoms with Gasteiger partial charge in [0, 0.05) is 6.54 Å². The summed E-state index contributed by atoms with van der Waals surface area (Å²) in [7, 11) is 0. The van der Waals surface area contributed by atoms with Crippen LogP contribution in [0.1, 0.15) is 16.7 Å². The van der Waals surface area contributed by atoms with E-state index in [1.165, 1.54) is 16.7 Å². The smallest absolute Gasteiger partial charge is 0.0183 e. The van der Waals surface area contributed by atoms with Crippen molar-refractivity contribution >= 4 is 12.4 Å². The summed E-state index contributed by atoms with van der Waals surface area (Å²) < 4.78 is 0. The van der Waals surface area contributed by atoms with Crippen molar-refractivity contribution in [3.05, 3.63) is 34.9 Å². The third kappa shape index (κ3) is 2.21. The van der Waals surface area contributed by atoms with Crippen molar-refractivity contribution in [2.24, 2.45) is 5.73 Å².